The molecule has 0 unspecified atom stereocenters. The molecule has 1 heterocycles. The Morgan fingerprint density at radius 1 is 1.53 bits per heavy atom. The van der Waals surface area contributed by atoms with Crippen molar-refractivity contribution in [2.24, 2.45) is 5.73 Å². The molecule has 88 valence electrons. The fourth-order valence-electron chi connectivity index (χ4n) is 1.58. The summed E-state index contributed by atoms with van der Waals surface area (Å²) in [7, 11) is 0. The van der Waals surface area contributed by atoms with Crippen LogP contribution in [0.25, 0.3) is 0 Å². The van der Waals surface area contributed by atoms with Crippen LogP contribution >= 0.6 is 0 Å². The number of aliphatic hydroxyl groups excluding tert-OH is 3. The normalized spacial score (nSPS) is 41.3. The Labute approximate surface area is 86.8 Å². The van der Waals surface area contributed by atoms with E-state index in [0.717, 1.165) is 0 Å². The fraction of sp³-hybridized carbons (Fsp3) is 0.875. The molecule has 0 spiro atoms. The third-order valence-corrected chi connectivity index (χ3v) is 2.37. The standard InChI is InChI=1S/C8H16N2O5/c1-3(12)10-6-4(2-11)15-8(14)7(13)5(6)9/h4-8,11,13-14H,2,9H2,1H3,(H,10,12)/t4-,5+,6+,7-,8+/m1/s1. The van der Waals surface area contributed by atoms with Gasteiger partial charge < -0.3 is 31.1 Å². The van der Waals surface area contributed by atoms with Crippen LogP contribution < -0.4 is 11.1 Å². The molecule has 1 amide bonds. The van der Waals surface area contributed by atoms with Crippen molar-refractivity contribution in [1.29, 1.82) is 0 Å². The maximum absolute atomic E-state index is 10.9. The van der Waals surface area contributed by atoms with Crippen LogP contribution in [0.2, 0.25) is 0 Å². The highest BCUT2D eigenvalue weighted by Gasteiger charge is 2.42. The molecule has 1 saturated heterocycles. The Kier molecular flexibility index (Phi) is 4.00. The molecule has 1 aliphatic rings. The topological polar surface area (TPSA) is 125 Å². The van der Waals surface area contributed by atoms with E-state index in [-0.39, 0.29) is 5.91 Å². The number of hydrogen-bond donors (Lipinski definition) is 5. The number of rotatable bonds is 2. The molecule has 5 atom stereocenters. The number of hydrogen-bond acceptors (Lipinski definition) is 6. The third-order valence-electron chi connectivity index (χ3n) is 2.37. The minimum absolute atomic E-state index is 0.346. The molecular weight excluding hydrogens is 204 g/mol. The molecule has 0 aliphatic carbocycles. The number of carbonyl (C=O) groups is 1. The first-order valence-corrected chi connectivity index (χ1v) is 4.62. The summed E-state index contributed by atoms with van der Waals surface area (Å²) in [6.07, 6.45) is -3.55. The average Bonchev–Trinajstić information content (AvgIpc) is 2.18. The Morgan fingerprint density at radius 2 is 2.13 bits per heavy atom. The Morgan fingerprint density at radius 3 is 2.60 bits per heavy atom. The van der Waals surface area contributed by atoms with Crippen molar-refractivity contribution in [2.75, 3.05) is 6.61 Å². The molecule has 6 N–H and O–H groups in total. The predicted molar refractivity (Wildman–Crippen MR) is 49.6 cm³/mol. The van der Waals surface area contributed by atoms with Crippen LogP contribution in [0.5, 0.6) is 0 Å². The molecule has 0 radical (unpaired) electrons. The van der Waals surface area contributed by atoms with E-state index in [1.54, 1.807) is 0 Å². The second-order valence-electron chi connectivity index (χ2n) is 3.54. The van der Waals surface area contributed by atoms with Gasteiger partial charge in [0.25, 0.3) is 0 Å². The monoisotopic (exact) mass is 220 g/mol. The van der Waals surface area contributed by atoms with E-state index in [9.17, 15) is 15.0 Å². The molecule has 7 heteroatoms. The minimum Gasteiger partial charge on any atom is -0.394 e. The molecule has 0 aromatic rings. The fourth-order valence-corrected chi connectivity index (χ4v) is 1.58. The first kappa shape index (κ1) is 12.3. The van der Waals surface area contributed by atoms with Crippen LogP contribution in [0, 0.1) is 0 Å². The Balaban J connectivity index is 2.75. The van der Waals surface area contributed by atoms with Crippen molar-refractivity contribution in [1.82, 2.24) is 5.32 Å². The van der Waals surface area contributed by atoms with Gasteiger partial charge in [0, 0.05) is 6.92 Å². The third kappa shape index (κ3) is 2.64. The SMILES string of the molecule is CC(=O)N[C@@H]1[C@H](N)[C@@H](O)[C@@H](O)O[C@@H]1CO. The van der Waals surface area contributed by atoms with Gasteiger partial charge in [0.05, 0.1) is 18.7 Å². The molecule has 0 aromatic carbocycles. The van der Waals surface area contributed by atoms with Gasteiger partial charge in [-0.05, 0) is 0 Å². The van der Waals surface area contributed by atoms with Gasteiger partial charge in [0.2, 0.25) is 5.91 Å². The summed E-state index contributed by atoms with van der Waals surface area (Å²) in [6, 6.07) is -1.60. The number of ether oxygens (including phenoxy) is 1. The number of carbonyl (C=O) groups excluding carboxylic acids is 1. The van der Waals surface area contributed by atoms with Gasteiger partial charge in [-0.1, -0.05) is 0 Å². The highest BCUT2D eigenvalue weighted by Crippen LogP contribution is 2.18. The summed E-state index contributed by atoms with van der Waals surface area (Å²) in [6.45, 7) is 0.890. The molecule has 0 saturated carbocycles. The molecule has 15 heavy (non-hydrogen) atoms. The van der Waals surface area contributed by atoms with Crippen LogP contribution in [0.1, 0.15) is 6.92 Å². The van der Waals surface area contributed by atoms with E-state index in [2.05, 4.69) is 5.32 Å². The molecule has 1 fully saturated rings. The van der Waals surface area contributed by atoms with E-state index < -0.39 is 37.2 Å². The van der Waals surface area contributed by atoms with Gasteiger partial charge in [-0.25, -0.2) is 0 Å². The zero-order valence-electron chi connectivity index (χ0n) is 8.33. The highest BCUT2D eigenvalue weighted by molar-refractivity contribution is 5.73. The summed E-state index contributed by atoms with van der Waals surface area (Å²) in [4.78, 5) is 10.9. The number of nitrogens with one attached hydrogen (secondary N) is 1. The summed E-state index contributed by atoms with van der Waals surface area (Å²) >= 11 is 0. The van der Waals surface area contributed by atoms with E-state index in [0.29, 0.717) is 0 Å². The zero-order valence-corrected chi connectivity index (χ0v) is 8.33. The average molecular weight is 220 g/mol. The molecule has 0 aromatic heterocycles. The summed E-state index contributed by atoms with van der Waals surface area (Å²) in [5.74, 6) is -0.346. The minimum atomic E-state index is -1.44. The number of nitrogens with two attached hydrogens (primary N) is 1. The second-order valence-corrected chi connectivity index (χ2v) is 3.54. The van der Waals surface area contributed by atoms with Crippen molar-refractivity contribution in [2.45, 2.75) is 37.5 Å². The van der Waals surface area contributed by atoms with Gasteiger partial charge in [0.15, 0.2) is 6.29 Å². The Hall–Kier alpha value is -0.730. The first-order valence-electron chi connectivity index (χ1n) is 4.62. The second kappa shape index (κ2) is 4.86. The lowest BCUT2D eigenvalue weighted by Crippen LogP contribution is -2.67. The summed E-state index contributed by atoms with van der Waals surface area (Å²) in [5, 5.41) is 30.1. The number of amides is 1. The van der Waals surface area contributed by atoms with E-state index >= 15 is 0 Å². The quantitative estimate of drug-likeness (QED) is 0.335. The zero-order chi connectivity index (χ0) is 11.6. The lowest BCUT2D eigenvalue weighted by molar-refractivity contribution is -0.236. The van der Waals surface area contributed by atoms with Crippen molar-refractivity contribution >= 4 is 5.91 Å². The summed E-state index contributed by atoms with van der Waals surface area (Å²) < 4.78 is 4.89. The molecule has 7 nitrogen and oxygen atoms in total. The maximum atomic E-state index is 10.9. The molecular formula is C8H16N2O5. The van der Waals surface area contributed by atoms with Crippen LogP contribution in [0.4, 0.5) is 0 Å². The van der Waals surface area contributed by atoms with Crippen LogP contribution in [-0.2, 0) is 9.53 Å². The maximum Gasteiger partial charge on any atom is 0.217 e. The molecule has 1 aliphatic heterocycles. The van der Waals surface area contributed by atoms with Crippen LogP contribution in [0.15, 0.2) is 0 Å². The van der Waals surface area contributed by atoms with Gasteiger partial charge in [-0.3, -0.25) is 4.79 Å². The first-order chi connectivity index (χ1) is 6.97. The summed E-state index contributed by atoms with van der Waals surface area (Å²) in [5.41, 5.74) is 5.61. The van der Waals surface area contributed by atoms with Crippen molar-refractivity contribution < 1.29 is 24.9 Å². The van der Waals surface area contributed by atoms with Gasteiger partial charge in [0.1, 0.15) is 12.2 Å². The Bertz CT molecular complexity index is 235. The highest BCUT2D eigenvalue weighted by atomic mass is 16.6. The lowest BCUT2D eigenvalue weighted by atomic mass is 9.94. The van der Waals surface area contributed by atoms with E-state index in [4.69, 9.17) is 15.6 Å². The van der Waals surface area contributed by atoms with Crippen LogP contribution in [0.3, 0.4) is 0 Å². The van der Waals surface area contributed by atoms with Crippen LogP contribution in [-0.4, -0.2) is 58.4 Å². The van der Waals surface area contributed by atoms with Crippen molar-refractivity contribution in [3.05, 3.63) is 0 Å². The smallest absolute Gasteiger partial charge is 0.217 e. The molecule has 0 bridgehead atoms. The van der Waals surface area contributed by atoms with Gasteiger partial charge >= 0.3 is 0 Å². The predicted octanol–water partition coefficient (Wildman–Crippen LogP) is -3.11. The van der Waals surface area contributed by atoms with E-state index in [1.165, 1.54) is 6.92 Å². The largest absolute Gasteiger partial charge is 0.394 e. The van der Waals surface area contributed by atoms with Crippen molar-refractivity contribution in [3.8, 4) is 0 Å². The van der Waals surface area contributed by atoms with E-state index in [1.807, 2.05) is 0 Å². The number of aliphatic hydroxyl groups is 3. The van der Waals surface area contributed by atoms with Gasteiger partial charge in [-0.2, -0.15) is 0 Å². The molecule has 1 rings (SSSR count). The van der Waals surface area contributed by atoms with Gasteiger partial charge in [-0.15, -0.1) is 0 Å². The lowest BCUT2D eigenvalue weighted by Gasteiger charge is -2.41. The van der Waals surface area contributed by atoms with Crippen molar-refractivity contribution in [3.63, 3.8) is 0 Å².